The number of hydrogen-bond acceptors (Lipinski definition) is 4. The zero-order chi connectivity index (χ0) is 14.5. The first-order valence-electron chi connectivity index (χ1n) is 7.22. The fourth-order valence-corrected chi connectivity index (χ4v) is 2.57. The van der Waals surface area contributed by atoms with Crippen molar-refractivity contribution in [1.29, 1.82) is 0 Å². The Balaban J connectivity index is 2.10. The lowest BCUT2D eigenvalue weighted by atomic mass is 9.95. The molecule has 106 valence electrons. The lowest BCUT2D eigenvalue weighted by Crippen LogP contribution is -2.23. The quantitative estimate of drug-likeness (QED) is 0.779. The molecule has 4 nitrogen and oxygen atoms in total. The van der Waals surface area contributed by atoms with Gasteiger partial charge in [0.15, 0.2) is 0 Å². The van der Waals surface area contributed by atoms with Gasteiger partial charge >= 0.3 is 0 Å². The molecule has 0 radical (unpaired) electrons. The molecule has 0 aliphatic heterocycles. The van der Waals surface area contributed by atoms with Gasteiger partial charge < -0.3 is 5.32 Å². The number of fused-ring (bicyclic) bond motifs is 1. The SMILES string of the molecule is CCCNC(c1ccnnc1)c1cccc2cnccc12. The zero-order valence-electron chi connectivity index (χ0n) is 12.0. The molecule has 0 spiro atoms. The van der Waals surface area contributed by atoms with Gasteiger partial charge in [0.1, 0.15) is 0 Å². The molecule has 21 heavy (non-hydrogen) atoms. The third-order valence-electron chi connectivity index (χ3n) is 3.56. The van der Waals surface area contributed by atoms with Gasteiger partial charge in [0.25, 0.3) is 0 Å². The lowest BCUT2D eigenvalue weighted by Gasteiger charge is -2.20. The second-order valence-corrected chi connectivity index (χ2v) is 5.01. The first-order chi connectivity index (χ1) is 10.4. The normalized spacial score (nSPS) is 12.4. The Labute approximate surface area is 124 Å². The van der Waals surface area contributed by atoms with Crippen molar-refractivity contribution in [3.05, 3.63) is 66.2 Å². The number of pyridine rings is 1. The molecule has 0 fully saturated rings. The van der Waals surface area contributed by atoms with Crippen LogP contribution < -0.4 is 5.32 Å². The minimum absolute atomic E-state index is 0.117. The predicted molar refractivity (Wildman–Crippen MR) is 83.9 cm³/mol. The Kier molecular flexibility index (Phi) is 4.17. The first kappa shape index (κ1) is 13.6. The highest BCUT2D eigenvalue weighted by molar-refractivity contribution is 5.85. The van der Waals surface area contributed by atoms with Crippen LogP contribution >= 0.6 is 0 Å². The van der Waals surface area contributed by atoms with E-state index in [1.807, 2.05) is 24.7 Å². The van der Waals surface area contributed by atoms with Crippen LogP contribution in [-0.2, 0) is 0 Å². The van der Waals surface area contributed by atoms with E-state index in [2.05, 4.69) is 51.7 Å². The molecule has 0 saturated carbocycles. The van der Waals surface area contributed by atoms with Crippen LogP contribution in [0.1, 0.15) is 30.5 Å². The molecule has 0 amide bonds. The monoisotopic (exact) mass is 278 g/mol. The highest BCUT2D eigenvalue weighted by Gasteiger charge is 2.16. The molecule has 3 rings (SSSR count). The predicted octanol–water partition coefficient (Wildman–Crippen LogP) is 3.11. The molecule has 0 aliphatic carbocycles. The minimum atomic E-state index is 0.117. The Morgan fingerprint density at radius 3 is 2.81 bits per heavy atom. The van der Waals surface area contributed by atoms with Gasteiger partial charge in [0.2, 0.25) is 0 Å². The summed E-state index contributed by atoms with van der Waals surface area (Å²) < 4.78 is 0. The summed E-state index contributed by atoms with van der Waals surface area (Å²) in [6, 6.07) is 10.5. The molecule has 1 unspecified atom stereocenters. The number of rotatable bonds is 5. The molecule has 3 aromatic rings. The van der Waals surface area contributed by atoms with E-state index in [9.17, 15) is 0 Å². The Morgan fingerprint density at radius 2 is 2.00 bits per heavy atom. The summed E-state index contributed by atoms with van der Waals surface area (Å²) in [7, 11) is 0. The van der Waals surface area contributed by atoms with Gasteiger partial charge in [-0.25, -0.2) is 0 Å². The fourth-order valence-electron chi connectivity index (χ4n) is 2.57. The molecule has 1 aromatic carbocycles. The average molecular weight is 278 g/mol. The van der Waals surface area contributed by atoms with Crippen molar-refractivity contribution in [2.24, 2.45) is 0 Å². The third kappa shape index (κ3) is 2.90. The van der Waals surface area contributed by atoms with Crippen molar-refractivity contribution in [3.63, 3.8) is 0 Å². The topological polar surface area (TPSA) is 50.7 Å². The molecule has 2 heterocycles. The van der Waals surface area contributed by atoms with Crippen LogP contribution in [0.4, 0.5) is 0 Å². The van der Waals surface area contributed by atoms with E-state index >= 15 is 0 Å². The molecule has 2 aromatic heterocycles. The average Bonchev–Trinajstić information content (AvgIpc) is 2.56. The van der Waals surface area contributed by atoms with Crippen LogP contribution in [0.15, 0.2) is 55.1 Å². The Hall–Kier alpha value is -2.33. The highest BCUT2D eigenvalue weighted by Crippen LogP contribution is 2.28. The summed E-state index contributed by atoms with van der Waals surface area (Å²) in [5, 5.41) is 13.9. The molecular weight excluding hydrogens is 260 g/mol. The van der Waals surface area contributed by atoms with Crippen LogP contribution in [0.25, 0.3) is 10.8 Å². The summed E-state index contributed by atoms with van der Waals surface area (Å²) in [6.07, 6.45) is 8.39. The van der Waals surface area contributed by atoms with E-state index in [-0.39, 0.29) is 6.04 Å². The largest absolute Gasteiger partial charge is 0.306 e. The van der Waals surface area contributed by atoms with Crippen LogP contribution in [0.3, 0.4) is 0 Å². The van der Waals surface area contributed by atoms with E-state index in [1.165, 1.54) is 10.9 Å². The second kappa shape index (κ2) is 6.41. The summed E-state index contributed by atoms with van der Waals surface area (Å²) in [5.41, 5.74) is 2.37. The van der Waals surface area contributed by atoms with E-state index < -0.39 is 0 Å². The van der Waals surface area contributed by atoms with Gasteiger partial charge in [-0.1, -0.05) is 25.1 Å². The molecule has 1 N–H and O–H groups in total. The van der Waals surface area contributed by atoms with E-state index in [0.717, 1.165) is 23.9 Å². The Morgan fingerprint density at radius 1 is 1.05 bits per heavy atom. The smallest absolute Gasteiger partial charge is 0.0599 e. The number of nitrogens with zero attached hydrogens (tertiary/aromatic N) is 3. The lowest BCUT2D eigenvalue weighted by molar-refractivity contribution is 0.598. The number of nitrogens with one attached hydrogen (secondary N) is 1. The fraction of sp³-hybridized carbons (Fsp3) is 0.235. The van der Waals surface area contributed by atoms with E-state index in [4.69, 9.17) is 0 Å². The number of hydrogen-bond donors (Lipinski definition) is 1. The van der Waals surface area contributed by atoms with Gasteiger partial charge in [0.05, 0.1) is 12.2 Å². The summed E-state index contributed by atoms with van der Waals surface area (Å²) in [4.78, 5) is 4.21. The van der Waals surface area contributed by atoms with Crippen LogP contribution in [0.5, 0.6) is 0 Å². The molecular formula is C17H18N4. The molecule has 0 saturated heterocycles. The van der Waals surface area contributed by atoms with Crippen molar-refractivity contribution in [2.75, 3.05) is 6.54 Å². The van der Waals surface area contributed by atoms with Crippen LogP contribution in [-0.4, -0.2) is 21.7 Å². The van der Waals surface area contributed by atoms with Crippen molar-refractivity contribution in [2.45, 2.75) is 19.4 Å². The maximum atomic E-state index is 4.21. The minimum Gasteiger partial charge on any atom is -0.306 e. The van der Waals surface area contributed by atoms with Crippen LogP contribution in [0, 0.1) is 0 Å². The highest BCUT2D eigenvalue weighted by atomic mass is 15.1. The maximum Gasteiger partial charge on any atom is 0.0599 e. The first-order valence-corrected chi connectivity index (χ1v) is 7.22. The van der Waals surface area contributed by atoms with Crippen molar-refractivity contribution >= 4 is 10.8 Å². The molecule has 1 atom stereocenters. The summed E-state index contributed by atoms with van der Waals surface area (Å²) >= 11 is 0. The van der Waals surface area contributed by atoms with Gasteiger partial charge in [0, 0.05) is 24.0 Å². The van der Waals surface area contributed by atoms with Gasteiger partial charge in [-0.15, -0.1) is 0 Å². The van der Waals surface area contributed by atoms with Gasteiger partial charge in [-0.2, -0.15) is 10.2 Å². The van der Waals surface area contributed by atoms with E-state index in [1.54, 1.807) is 6.20 Å². The van der Waals surface area contributed by atoms with Gasteiger partial charge in [-0.3, -0.25) is 4.98 Å². The summed E-state index contributed by atoms with van der Waals surface area (Å²) in [5.74, 6) is 0. The number of aromatic nitrogens is 3. The van der Waals surface area contributed by atoms with Crippen molar-refractivity contribution in [3.8, 4) is 0 Å². The van der Waals surface area contributed by atoms with Crippen molar-refractivity contribution in [1.82, 2.24) is 20.5 Å². The maximum absolute atomic E-state index is 4.21. The van der Waals surface area contributed by atoms with E-state index in [0.29, 0.717) is 0 Å². The zero-order valence-corrected chi connectivity index (χ0v) is 12.0. The molecule has 0 bridgehead atoms. The van der Waals surface area contributed by atoms with Gasteiger partial charge in [-0.05, 0) is 41.6 Å². The second-order valence-electron chi connectivity index (χ2n) is 5.01. The summed E-state index contributed by atoms with van der Waals surface area (Å²) in [6.45, 7) is 3.12. The number of benzene rings is 1. The standard InChI is InChI=1S/C17H18N4/c1-2-8-19-17(14-6-10-20-21-12-14)16-5-3-4-13-11-18-9-7-15(13)16/h3-7,9-12,17,19H,2,8H2,1H3. The Bertz CT molecular complexity index is 707. The third-order valence-corrected chi connectivity index (χ3v) is 3.56. The van der Waals surface area contributed by atoms with Crippen LogP contribution in [0.2, 0.25) is 0 Å². The van der Waals surface area contributed by atoms with Crippen molar-refractivity contribution < 1.29 is 0 Å². The molecule has 0 aliphatic rings. The molecule has 4 heteroatoms.